The van der Waals surface area contributed by atoms with E-state index in [9.17, 15) is 4.79 Å². The number of ether oxygens (including phenoxy) is 1. The van der Waals surface area contributed by atoms with Crippen LogP contribution in [0.4, 0.5) is 0 Å². The van der Waals surface area contributed by atoms with Gasteiger partial charge in [0.05, 0.1) is 23.2 Å². The van der Waals surface area contributed by atoms with Gasteiger partial charge in [0.25, 0.3) is 0 Å². The van der Waals surface area contributed by atoms with Crippen LogP contribution in [0.3, 0.4) is 0 Å². The highest BCUT2D eigenvalue weighted by molar-refractivity contribution is 7.09. The molecule has 1 saturated heterocycles. The molecule has 5 heteroatoms. The maximum Gasteiger partial charge on any atom is 0.228 e. The summed E-state index contributed by atoms with van der Waals surface area (Å²) >= 11 is 1.65. The number of carbonyl (C=O) groups is 1. The standard InChI is InChI=1S/C18H28N2O2S/c1-17(2,3)16-19-11(10-23-16)9-13(21)20(6)14-12-7-8-22-15(12)18(14,4)5/h10,12,14-15H,7-9H2,1-6H3/t12-,14-,15-/m1/s1. The summed E-state index contributed by atoms with van der Waals surface area (Å²) in [6.07, 6.45) is 1.78. The van der Waals surface area contributed by atoms with Crippen LogP contribution in [-0.2, 0) is 21.4 Å². The lowest BCUT2D eigenvalue weighted by Crippen LogP contribution is -2.67. The van der Waals surface area contributed by atoms with E-state index < -0.39 is 0 Å². The van der Waals surface area contributed by atoms with E-state index in [1.165, 1.54) is 0 Å². The Balaban J connectivity index is 1.68. The van der Waals surface area contributed by atoms with Crippen LogP contribution in [0.2, 0.25) is 0 Å². The molecule has 2 heterocycles. The zero-order valence-electron chi connectivity index (χ0n) is 15.0. The molecule has 1 aromatic heterocycles. The number of fused-ring (bicyclic) bond motifs is 1. The Bertz CT molecular complexity index is 602. The van der Waals surface area contributed by atoms with Gasteiger partial charge in [-0.25, -0.2) is 4.98 Å². The van der Waals surface area contributed by atoms with E-state index in [0.29, 0.717) is 18.4 Å². The van der Waals surface area contributed by atoms with Crippen molar-refractivity contribution < 1.29 is 9.53 Å². The normalized spacial score (nSPS) is 29.0. The van der Waals surface area contributed by atoms with Crippen molar-refractivity contribution in [3.05, 3.63) is 16.1 Å². The molecular weight excluding hydrogens is 308 g/mol. The third kappa shape index (κ3) is 2.82. The Morgan fingerprint density at radius 2 is 2.17 bits per heavy atom. The summed E-state index contributed by atoms with van der Waals surface area (Å²) in [5.74, 6) is 0.665. The van der Waals surface area contributed by atoms with Crippen molar-refractivity contribution in [3.63, 3.8) is 0 Å². The highest BCUT2D eigenvalue weighted by Gasteiger charge is 2.61. The van der Waals surface area contributed by atoms with Crippen LogP contribution < -0.4 is 0 Å². The van der Waals surface area contributed by atoms with Crippen LogP contribution in [0, 0.1) is 11.3 Å². The third-order valence-corrected chi connectivity index (χ3v) is 6.69. The molecule has 0 bridgehead atoms. The summed E-state index contributed by atoms with van der Waals surface area (Å²) in [4.78, 5) is 19.3. The van der Waals surface area contributed by atoms with E-state index in [-0.39, 0.29) is 22.8 Å². The quantitative estimate of drug-likeness (QED) is 0.851. The van der Waals surface area contributed by atoms with Gasteiger partial charge in [-0.2, -0.15) is 0 Å². The number of thiazole rings is 1. The van der Waals surface area contributed by atoms with Gasteiger partial charge in [-0.05, 0) is 6.42 Å². The second kappa shape index (κ2) is 5.55. The van der Waals surface area contributed by atoms with Crippen molar-refractivity contribution in [3.8, 4) is 0 Å². The molecule has 0 aromatic carbocycles. The summed E-state index contributed by atoms with van der Waals surface area (Å²) in [5, 5.41) is 3.12. The first kappa shape index (κ1) is 16.9. The monoisotopic (exact) mass is 336 g/mol. The minimum absolute atomic E-state index is 0.0439. The summed E-state index contributed by atoms with van der Waals surface area (Å²) in [6, 6.07) is 0.281. The Hall–Kier alpha value is -0.940. The number of carbonyl (C=O) groups excluding carboxylic acids is 1. The number of hydrogen-bond donors (Lipinski definition) is 0. The second-order valence-corrected chi connectivity index (χ2v) is 9.44. The summed E-state index contributed by atoms with van der Waals surface area (Å²) in [6.45, 7) is 11.7. The first-order valence-electron chi connectivity index (χ1n) is 8.44. The van der Waals surface area contributed by atoms with Gasteiger partial charge in [-0.1, -0.05) is 34.6 Å². The van der Waals surface area contributed by atoms with Crippen LogP contribution in [-0.4, -0.2) is 41.6 Å². The number of amides is 1. The minimum Gasteiger partial charge on any atom is -0.377 e. The van der Waals surface area contributed by atoms with Crippen molar-refractivity contribution in [2.24, 2.45) is 11.3 Å². The fraction of sp³-hybridized carbons (Fsp3) is 0.778. The smallest absolute Gasteiger partial charge is 0.228 e. The number of aromatic nitrogens is 1. The van der Waals surface area contributed by atoms with Crippen LogP contribution in [0.25, 0.3) is 0 Å². The van der Waals surface area contributed by atoms with Crippen LogP contribution in [0.1, 0.15) is 51.7 Å². The summed E-state index contributed by atoms with van der Waals surface area (Å²) in [7, 11) is 1.94. The average Bonchev–Trinajstić information content (AvgIpc) is 3.05. The predicted octanol–water partition coefficient (Wildman–Crippen LogP) is 3.26. The number of hydrogen-bond acceptors (Lipinski definition) is 4. The minimum atomic E-state index is 0.0439. The number of rotatable bonds is 3. The van der Waals surface area contributed by atoms with Crippen LogP contribution in [0.5, 0.6) is 0 Å². The molecule has 23 heavy (non-hydrogen) atoms. The molecule has 1 aliphatic heterocycles. The second-order valence-electron chi connectivity index (χ2n) is 8.59. The van der Waals surface area contributed by atoms with Gasteiger partial charge in [0.2, 0.25) is 5.91 Å². The molecule has 0 spiro atoms. The Morgan fingerprint density at radius 1 is 1.48 bits per heavy atom. The lowest BCUT2D eigenvalue weighted by atomic mass is 9.57. The van der Waals surface area contributed by atoms with Gasteiger partial charge in [0.1, 0.15) is 0 Å². The van der Waals surface area contributed by atoms with E-state index in [4.69, 9.17) is 4.74 Å². The molecule has 2 aliphatic rings. The van der Waals surface area contributed by atoms with E-state index in [1.807, 2.05) is 17.3 Å². The average molecular weight is 337 g/mol. The largest absolute Gasteiger partial charge is 0.377 e. The molecule has 0 unspecified atom stereocenters. The van der Waals surface area contributed by atoms with E-state index in [1.54, 1.807) is 11.3 Å². The molecule has 1 saturated carbocycles. The molecule has 0 radical (unpaired) electrons. The maximum absolute atomic E-state index is 12.7. The lowest BCUT2D eigenvalue weighted by molar-refractivity contribution is -0.167. The van der Waals surface area contributed by atoms with Crippen molar-refractivity contribution in [1.29, 1.82) is 0 Å². The molecule has 3 rings (SSSR count). The van der Waals surface area contributed by atoms with Crippen molar-refractivity contribution in [1.82, 2.24) is 9.88 Å². The van der Waals surface area contributed by atoms with E-state index in [0.717, 1.165) is 23.7 Å². The van der Waals surface area contributed by atoms with Gasteiger partial charge >= 0.3 is 0 Å². The fourth-order valence-corrected chi connectivity index (χ4v) is 5.16. The molecule has 2 fully saturated rings. The highest BCUT2D eigenvalue weighted by Crippen LogP contribution is 2.54. The van der Waals surface area contributed by atoms with Crippen LogP contribution >= 0.6 is 11.3 Å². The van der Waals surface area contributed by atoms with Gasteiger partial charge in [0.15, 0.2) is 0 Å². The molecule has 128 valence electrons. The SMILES string of the molecule is CN(C(=O)Cc1csc(C(C)(C)C)n1)[C@@H]1[C@H]2CCO[C@H]2C1(C)C. The predicted molar refractivity (Wildman–Crippen MR) is 92.7 cm³/mol. The van der Waals surface area contributed by atoms with E-state index in [2.05, 4.69) is 39.6 Å². The highest BCUT2D eigenvalue weighted by atomic mass is 32.1. The Morgan fingerprint density at radius 3 is 2.78 bits per heavy atom. The van der Waals surface area contributed by atoms with E-state index >= 15 is 0 Å². The Kier molecular flexibility index (Phi) is 4.08. The van der Waals surface area contributed by atoms with Crippen molar-refractivity contribution in [2.75, 3.05) is 13.7 Å². The summed E-state index contributed by atoms with van der Waals surface area (Å²) in [5.41, 5.74) is 0.986. The molecule has 0 N–H and O–H groups in total. The number of likely N-dealkylation sites (N-methyl/N-ethyl adjacent to an activating group) is 1. The molecule has 1 aliphatic carbocycles. The lowest BCUT2D eigenvalue weighted by Gasteiger charge is -2.57. The van der Waals surface area contributed by atoms with Crippen molar-refractivity contribution in [2.45, 2.75) is 65.0 Å². The first-order valence-corrected chi connectivity index (χ1v) is 9.32. The molecular formula is C18H28N2O2S. The maximum atomic E-state index is 12.7. The molecule has 1 aromatic rings. The zero-order valence-corrected chi connectivity index (χ0v) is 15.9. The van der Waals surface area contributed by atoms with Gasteiger partial charge in [-0.3, -0.25) is 4.79 Å². The molecule has 3 atom stereocenters. The Labute approximate surface area is 143 Å². The van der Waals surface area contributed by atoms with Gasteiger partial charge in [0, 0.05) is 41.8 Å². The van der Waals surface area contributed by atoms with Crippen molar-refractivity contribution >= 4 is 17.2 Å². The zero-order chi connectivity index (χ0) is 17.0. The summed E-state index contributed by atoms with van der Waals surface area (Å²) < 4.78 is 5.84. The van der Waals surface area contributed by atoms with Crippen LogP contribution in [0.15, 0.2) is 5.38 Å². The first-order chi connectivity index (χ1) is 10.6. The third-order valence-electron chi connectivity index (χ3n) is 5.37. The number of nitrogens with zero attached hydrogens (tertiary/aromatic N) is 2. The topological polar surface area (TPSA) is 42.4 Å². The molecule has 1 amide bonds. The molecule has 4 nitrogen and oxygen atoms in total. The van der Waals surface area contributed by atoms with Gasteiger partial charge < -0.3 is 9.64 Å². The fourth-order valence-electron chi connectivity index (χ4n) is 4.25. The van der Waals surface area contributed by atoms with Gasteiger partial charge in [-0.15, -0.1) is 11.3 Å².